The van der Waals surface area contributed by atoms with E-state index in [0.29, 0.717) is 80.4 Å². The Morgan fingerprint density at radius 1 is 0.769 bits per heavy atom. The molecule has 0 aromatic heterocycles. The first-order valence-corrected chi connectivity index (χ1v) is 29.7. The monoisotopic (exact) mass is 1100 g/mol. The molecule has 3 saturated heterocycles. The highest BCUT2D eigenvalue weighted by atomic mass is 31.2. The van der Waals surface area contributed by atoms with Gasteiger partial charge in [0.05, 0.1) is 24.4 Å². The number of amides is 1. The van der Waals surface area contributed by atoms with Gasteiger partial charge >= 0.3 is 5.97 Å². The number of piperidine rings is 1. The molecule has 426 valence electrons. The van der Waals surface area contributed by atoms with E-state index in [1.807, 2.05) is 112 Å². The van der Waals surface area contributed by atoms with E-state index in [-0.39, 0.29) is 36.4 Å². The molecule has 2 aromatic carbocycles. The number of ketones is 3. The smallest absolute Gasteiger partial charge is 0.329 e. The van der Waals surface area contributed by atoms with Crippen LogP contribution in [0.2, 0.25) is 0 Å². The number of allylic oxidation sites excluding steroid dienone is 6. The maximum Gasteiger partial charge on any atom is 0.329 e. The van der Waals surface area contributed by atoms with Gasteiger partial charge < -0.3 is 43.3 Å². The van der Waals surface area contributed by atoms with E-state index in [4.69, 9.17) is 28.2 Å². The number of hydrogen-bond acceptors (Lipinski definition) is 14. The summed E-state index contributed by atoms with van der Waals surface area (Å²) in [6.07, 6.45) is 10.2. The Morgan fingerprint density at radius 2 is 1.45 bits per heavy atom. The highest BCUT2D eigenvalue weighted by Crippen LogP contribution is 2.50. The molecule has 0 radical (unpaired) electrons. The lowest BCUT2D eigenvalue weighted by Crippen LogP contribution is -2.65. The van der Waals surface area contributed by atoms with Crippen molar-refractivity contribution in [3.63, 3.8) is 0 Å². The molecule has 2 N–H and O–H groups in total. The van der Waals surface area contributed by atoms with Crippen LogP contribution >= 0.6 is 7.37 Å². The second kappa shape index (κ2) is 27.2. The fourth-order valence-electron chi connectivity index (χ4n) is 12.7. The zero-order valence-electron chi connectivity index (χ0n) is 47.1. The molecule has 2 aromatic rings. The predicted molar refractivity (Wildman–Crippen MR) is 297 cm³/mol. The molecule has 8 unspecified atom stereocenters. The van der Waals surface area contributed by atoms with Crippen molar-refractivity contribution < 1.29 is 67.0 Å². The first-order valence-electron chi connectivity index (χ1n) is 28.1. The Kier molecular flexibility index (Phi) is 21.2. The zero-order chi connectivity index (χ0) is 56.5. The molecule has 16 atom stereocenters. The minimum absolute atomic E-state index is 0.00414. The Morgan fingerprint density at radius 3 is 2.09 bits per heavy atom. The van der Waals surface area contributed by atoms with E-state index in [2.05, 4.69) is 0 Å². The average molecular weight is 1100 g/mol. The van der Waals surface area contributed by atoms with Crippen LogP contribution in [0.15, 0.2) is 108 Å². The molecule has 78 heavy (non-hydrogen) atoms. The number of ether oxygens (including phenoxy) is 5. The maximum atomic E-state index is 15.1. The van der Waals surface area contributed by atoms with E-state index < -0.39 is 109 Å². The van der Waals surface area contributed by atoms with Crippen LogP contribution in [0.3, 0.4) is 0 Å². The standard InChI is InChI=1S/C62H84NO14P/c1-38-20-13-10-14-21-39(2)52(72-7)36-45-29-27-43(6)62(70,76-45)59(67)60(68)63-31-19-26-48-49(53(75-61(69)55(48)63)37-50(64)40(3)33-42(5)57(66)58(74-9)56(65)41(4)32-38)34-44-28-30-51(54(35-44)73-8)77-78(71,46-22-15-11-16-23-46)47-24-17-12-18-25-47/h10-18,20-25,33,38,40-41,43-45,48-49,51-55,57-58,66,70H,19,26-32,34-37H2,1-9H3/b14-10+,20-13+,39-21+,42-33+/t38-,40-,41?,43?,44?,45+,48?,49+,51-,52+,53+,54?,55?,57?,58+,62?/m1/s1. The molecule has 16 heteroatoms. The Labute approximate surface area is 461 Å². The van der Waals surface area contributed by atoms with Crippen LogP contribution in [0.1, 0.15) is 112 Å². The maximum absolute atomic E-state index is 15.1. The topological polar surface area (TPSA) is 201 Å². The average Bonchev–Trinajstić information content (AvgIpc) is 3.44. The number of nitrogens with zero attached hydrogens (tertiary/aromatic N) is 1. The molecular weight excluding hydrogens is 1010 g/mol. The van der Waals surface area contributed by atoms with E-state index in [1.165, 1.54) is 12.0 Å². The molecule has 4 bridgehead atoms. The van der Waals surface area contributed by atoms with Crippen molar-refractivity contribution in [3.05, 3.63) is 108 Å². The third-order valence-electron chi connectivity index (χ3n) is 17.4. The van der Waals surface area contributed by atoms with Gasteiger partial charge in [-0.3, -0.25) is 23.7 Å². The van der Waals surface area contributed by atoms with Gasteiger partial charge in [-0.15, -0.1) is 0 Å². The number of hydrogen-bond donors (Lipinski definition) is 2. The van der Waals surface area contributed by atoms with Gasteiger partial charge in [0.1, 0.15) is 30.1 Å². The summed E-state index contributed by atoms with van der Waals surface area (Å²) in [6.45, 7) is 10.8. The van der Waals surface area contributed by atoms with E-state index in [1.54, 1.807) is 41.1 Å². The summed E-state index contributed by atoms with van der Waals surface area (Å²) < 4.78 is 52.1. The first kappa shape index (κ1) is 60.9. The van der Waals surface area contributed by atoms with Crippen LogP contribution in [-0.4, -0.2) is 127 Å². The highest BCUT2D eigenvalue weighted by molar-refractivity contribution is 7.74. The molecule has 4 heterocycles. The summed E-state index contributed by atoms with van der Waals surface area (Å²) in [5.74, 6) is -8.93. The van der Waals surface area contributed by atoms with Gasteiger partial charge in [0.2, 0.25) is 5.79 Å². The number of Topliss-reactive ketones (excluding diaryl/α,β-unsaturated/α-hetero) is 3. The number of aliphatic hydroxyl groups excluding tert-OH is 1. The largest absolute Gasteiger partial charge is 0.460 e. The number of methoxy groups -OCH3 is 3. The van der Waals surface area contributed by atoms with Crippen molar-refractivity contribution in [2.45, 2.75) is 167 Å². The van der Waals surface area contributed by atoms with Gasteiger partial charge in [-0.05, 0) is 125 Å². The number of benzene rings is 2. The minimum Gasteiger partial charge on any atom is -0.460 e. The van der Waals surface area contributed by atoms with Crippen LogP contribution in [0.25, 0.3) is 0 Å². The summed E-state index contributed by atoms with van der Waals surface area (Å²) in [5.41, 5.74) is 1.25. The van der Waals surface area contributed by atoms with Gasteiger partial charge in [-0.2, -0.15) is 0 Å². The third-order valence-corrected chi connectivity index (χ3v) is 19.9. The van der Waals surface area contributed by atoms with Crippen molar-refractivity contribution in [1.82, 2.24) is 4.90 Å². The summed E-state index contributed by atoms with van der Waals surface area (Å²) in [4.78, 5) is 73.5. The van der Waals surface area contributed by atoms with Crippen LogP contribution in [0.5, 0.6) is 0 Å². The van der Waals surface area contributed by atoms with E-state index in [9.17, 15) is 34.2 Å². The van der Waals surface area contributed by atoms with Crippen molar-refractivity contribution in [2.24, 2.45) is 41.4 Å². The van der Waals surface area contributed by atoms with Gasteiger partial charge in [-0.25, -0.2) is 4.79 Å². The quantitative estimate of drug-likeness (QED) is 0.105. The fourth-order valence-corrected chi connectivity index (χ4v) is 15.0. The highest BCUT2D eigenvalue weighted by Gasteiger charge is 2.57. The molecule has 1 aliphatic carbocycles. The summed E-state index contributed by atoms with van der Waals surface area (Å²) >= 11 is 0. The molecule has 15 nitrogen and oxygen atoms in total. The Bertz CT molecular complexity index is 2540. The van der Waals surface area contributed by atoms with Gasteiger partial charge in [-0.1, -0.05) is 101 Å². The summed E-state index contributed by atoms with van der Waals surface area (Å²) in [5, 5.41) is 24.9. The fraction of sp³-hybridized carbons (Fsp3) is 0.597. The number of aliphatic hydroxyl groups is 2. The van der Waals surface area contributed by atoms with Crippen molar-refractivity contribution >= 4 is 47.2 Å². The Balaban J connectivity index is 1.20. The molecule has 5 aliphatic rings. The molecule has 7 rings (SSSR count). The van der Waals surface area contributed by atoms with E-state index in [0.717, 1.165) is 5.57 Å². The van der Waals surface area contributed by atoms with Gasteiger partial charge in [0.25, 0.3) is 19.1 Å². The lowest BCUT2D eigenvalue weighted by Gasteiger charge is -2.50. The van der Waals surface area contributed by atoms with E-state index >= 15 is 4.57 Å². The minimum atomic E-state index is -3.58. The van der Waals surface area contributed by atoms with Crippen LogP contribution in [0.4, 0.5) is 0 Å². The van der Waals surface area contributed by atoms with Gasteiger partial charge in [0.15, 0.2) is 5.78 Å². The van der Waals surface area contributed by atoms with Crippen molar-refractivity contribution in [3.8, 4) is 0 Å². The normalized spacial score (nSPS) is 37.7. The number of fused-ring (bicyclic) bond motifs is 4. The summed E-state index contributed by atoms with van der Waals surface area (Å²) in [6, 6.07) is 17.1. The van der Waals surface area contributed by atoms with Crippen LogP contribution < -0.4 is 10.6 Å². The lowest BCUT2D eigenvalue weighted by molar-refractivity contribution is -0.266. The van der Waals surface area contributed by atoms with Gasteiger partial charge in [0, 0.05) is 75.0 Å². The molecule has 1 saturated carbocycles. The molecule has 4 fully saturated rings. The second-order valence-corrected chi connectivity index (χ2v) is 25.2. The SMILES string of the molecule is COC1CC(C[C@H]2C3CCCN4C(=O)C(=O)C5(O)O[C@@H](CCC5C)C[C@H](OC)/C(C)=C/C=C/C=C/[C@@H](C)CC(C)C(=O)[C@H](OC)C(O)/C(C)=C/[C@@H](C)C(=O)C[C@@H]2OC(=O)C34)CC[C@H]1OP(=O)(c1ccccc1)c1ccccc1. The molecule has 4 aliphatic heterocycles. The molecule has 1 amide bonds. The molecular formula is C62H84NO14P. The molecule has 0 spiro atoms. The number of rotatable bonds is 9. The third kappa shape index (κ3) is 13.9. The summed E-state index contributed by atoms with van der Waals surface area (Å²) in [7, 11) is 0.987. The predicted octanol–water partition coefficient (Wildman–Crippen LogP) is 8.35. The van der Waals surface area contributed by atoms with Crippen molar-refractivity contribution in [1.29, 1.82) is 0 Å². The Hall–Kier alpha value is -4.70. The number of esters is 1. The second-order valence-electron chi connectivity index (χ2n) is 22.8. The number of carbonyl (C=O) groups is 5. The van der Waals surface area contributed by atoms with Crippen molar-refractivity contribution in [2.75, 3.05) is 27.9 Å². The van der Waals surface area contributed by atoms with Crippen LogP contribution in [-0.2, 0) is 56.7 Å². The van der Waals surface area contributed by atoms with Crippen LogP contribution in [0, 0.1) is 41.4 Å². The zero-order valence-corrected chi connectivity index (χ0v) is 48.0. The lowest BCUT2D eigenvalue weighted by atomic mass is 9.68. The number of carbonyl (C=O) groups excluding carboxylic acids is 5. The first-order chi connectivity index (χ1) is 37.2.